The van der Waals surface area contributed by atoms with Gasteiger partial charge in [0.1, 0.15) is 30.0 Å². The Morgan fingerprint density at radius 2 is 1.62 bits per heavy atom. The Hall–Kier alpha value is -2.50. The number of likely N-dealkylation sites (N-methyl/N-ethyl adjacent to an activating group) is 1. The van der Waals surface area contributed by atoms with E-state index in [9.17, 15) is 5.11 Å². The highest BCUT2D eigenvalue weighted by molar-refractivity contribution is 5.48. The lowest BCUT2D eigenvalue weighted by atomic mass is 10.2. The van der Waals surface area contributed by atoms with E-state index in [-0.39, 0.29) is 6.61 Å². The second-order valence-electron chi connectivity index (χ2n) is 6.05. The molecule has 0 aliphatic rings. The molecule has 0 aromatic heterocycles. The molecule has 0 saturated carbocycles. The van der Waals surface area contributed by atoms with Crippen molar-refractivity contribution in [2.24, 2.45) is 0 Å². The van der Waals surface area contributed by atoms with Gasteiger partial charge in [-0.3, -0.25) is 0 Å². The monoisotopic (exact) mass is 357 g/mol. The van der Waals surface area contributed by atoms with Crippen LogP contribution in [0.2, 0.25) is 0 Å². The van der Waals surface area contributed by atoms with Gasteiger partial charge >= 0.3 is 0 Å². The molecule has 2 aromatic rings. The molecule has 0 saturated heterocycles. The molecule has 2 rings (SSSR count). The molecule has 0 aliphatic heterocycles. The molecule has 0 heterocycles. The first kappa shape index (κ1) is 19.8. The molecule has 2 aromatic carbocycles. The van der Waals surface area contributed by atoms with Crippen molar-refractivity contribution in [1.29, 1.82) is 0 Å². The molecule has 1 N–H and O–H groups in total. The molecule has 0 fully saturated rings. The summed E-state index contributed by atoms with van der Waals surface area (Å²) < 4.78 is 16.1. The molecule has 0 aliphatic carbocycles. The number of aliphatic hydroxyl groups is 1. The van der Waals surface area contributed by atoms with Crippen LogP contribution in [0.4, 0.5) is 0 Å². The Balaban J connectivity index is 1.77. The molecule has 0 radical (unpaired) electrons. The zero-order chi connectivity index (χ0) is 18.8. The predicted molar refractivity (Wildman–Crippen MR) is 104 cm³/mol. The highest BCUT2D eigenvalue weighted by Gasteiger charge is 2.10. The third kappa shape index (κ3) is 6.78. The van der Waals surface area contributed by atoms with Crippen LogP contribution in [0.5, 0.6) is 17.2 Å². The fourth-order valence-electron chi connectivity index (χ4n) is 2.48. The van der Waals surface area contributed by atoms with E-state index in [0.29, 0.717) is 23.8 Å². The van der Waals surface area contributed by atoms with E-state index < -0.39 is 6.10 Å². The van der Waals surface area contributed by atoms with Crippen LogP contribution in [-0.4, -0.2) is 57.1 Å². The normalized spacial score (nSPS) is 12.3. The lowest BCUT2D eigenvalue weighted by molar-refractivity contribution is 0.0793. The lowest BCUT2D eigenvalue weighted by Crippen LogP contribution is -2.33. The fraction of sp³-hybridized carbons (Fsp3) is 0.333. The van der Waals surface area contributed by atoms with Crippen molar-refractivity contribution in [3.63, 3.8) is 0 Å². The number of hydrogen-bond donors (Lipinski definition) is 1. The molecule has 0 bridgehead atoms. The summed E-state index contributed by atoms with van der Waals surface area (Å²) in [6.45, 7) is 1.46. The molecule has 0 spiro atoms. The lowest BCUT2D eigenvalue weighted by Gasteiger charge is -2.19. The summed E-state index contributed by atoms with van der Waals surface area (Å²) in [4.78, 5) is 2.04. The van der Waals surface area contributed by atoms with Gasteiger partial charge in [0, 0.05) is 31.3 Å². The highest BCUT2D eigenvalue weighted by atomic mass is 16.5. The molecule has 0 amide bonds. The van der Waals surface area contributed by atoms with Gasteiger partial charge in [0.25, 0.3) is 0 Å². The highest BCUT2D eigenvalue weighted by Crippen LogP contribution is 2.27. The van der Waals surface area contributed by atoms with Gasteiger partial charge in [0.05, 0.1) is 14.2 Å². The minimum Gasteiger partial charge on any atom is -0.496 e. The maximum absolute atomic E-state index is 10.2. The summed E-state index contributed by atoms with van der Waals surface area (Å²) >= 11 is 0. The van der Waals surface area contributed by atoms with Gasteiger partial charge in [-0.2, -0.15) is 0 Å². The number of nitrogens with zero attached hydrogens (tertiary/aromatic N) is 1. The molecular formula is C21H27NO4. The third-order valence-corrected chi connectivity index (χ3v) is 3.82. The van der Waals surface area contributed by atoms with Crippen molar-refractivity contribution in [3.05, 3.63) is 60.2 Å². The van der Waals surface area contributed by atoms with Crippen molar-refractivity contribution in [2.75, 3.05) is 41.0 Å². The van der Waals surface area contributed by atoms with E-state index in [1.54, 1.807) is 32.4 Å². The maximum Gasteiger partial charge on any atom is 0.126 e. The zero-order valence-electron chi connectivity index (χ0n) is 15.6. The average molecular weight is 357 g/mol. The van der Waals surface area contributed by atoms with E-state index in [4.69, 9.17) is 14.2 Å². The smallest absolute Gasteiger partial charge is 0.126 e. The number of aliphatic hydroxyl groups excluding tert-OH is 1. The standard InChI is InChI=1S/C21H27NO4/c1-22(11-7-10-17-8-5-4-6-9-17)15-18(23)16-26-21-13-19(24-2)12-20(14-21)25-3/h4-10,12-14,18,23H,11,15-16H2,1-3H3/b10-7+. The summed E-state index contributed by atoms with van der Waals surface area (Å²) in [6.07, 6.45) is 3.56. The molecular weight excluding hydrogens is 330 g/mol. The van der Waals surface area contributed by atoms with Gasteiger partial charge in [0.2, 0.25) is 0 Å². The van der Waals surface area contributed by atoms with Crippen molar-refractivity contribution < 1.29 is 19.3 Å². The second-order valence-corrected chi connectivity index (χ2v) is 6.05. The van der Waals surface area contributed by atoms with Crippen LogP contribution in [0.3, 0.4) is 0 Å². The van der Waals surface area contributed by atoms with Gasteiger partial charge in [-0.1, -0.05) is 42.5 Å². The van der Waals surface area contributed by atoms with E-state index >= 15 is 0 Å². The third-order valence-electron chi connectivity index (χ3n) is 3.82. The molecule has 1 atom stereocenters. The predicted octanol–water partition coefficient (Wildman–Crippen LogP) is 3.09. The van der Waals surface area contributed by atoms with Gasteiger partial charge in [0.15, 0.2) is 0 Å². The van der Waals surface area contributed by atoms with Crippen molar-refractivity contribution in [2.45, 2.75) is 6.10 Å². The summed E-state index contributed by atoms with van der Waals surface area (Å²) in [5, 5.41) is 10.2. The summed E-state index contributed by atoms with van der Waals surface area (Å²) in [5.74, 6) is 1.90. The first-order chi connectivity index (χ1) is 12.6. The van der Waals surface area contributed by atoms with E-state index in [2.05, 4.69) is 24.3 Å². The van der Waals surface area contributed by atoms with Gasteiger partial charge in [-0.25, -0.2) is 0 Å². The van der Waals surface area contributed by atoms with Gasteiger partial charge < -0.3 is 24.2 Å². The van der Waals surface area contributed by atoms with Crippen LogP contribution >= 0.6 is 0 Å². The fourth-order valence-corrected chi connectivity index (χ4v) is 2.48. The largest absolute Gasteiger partial charge is 0.496 e. The van der Waals surface area contributed by atoms with E-state index in [1.807, 2.05) is 30.1 Å². The van der Waals surface area contributed by atoms with Crippen molar-refractivity contribution in [1.82, 2.24) is 4.90 Å². The number of rotatable bonds is 10. The Kier molecular flexibility index (Phi) is 7.99. The minimum absolute atomic E-state index is 0.197. The molecule has 140 valence electrons. The Morgan fingerprint density at radius 3 is 2.23 bits per heavy atom. The second kappa shape index (κ2) is 10.5. The summed E-state index contributed by atoms with van der Waals surface area (Å²) in [6, 6.07) is 15.4. The first-order valence-corrected chi connectivity index (χ1v) is 8.54. The summed E-state index contributed by atoms with van der Waals surface area (Å²) in [5.41, 5.74) is 1.16. The van der Waals surface area contributed by atoms with E-state index in [1.165, 1.54) is 0 Å². The van der Waals surface area contributed by atoms with E-state index in [0.717, 1.165) is 12.1 Å². The Bertz CT molecular complexity index is 665. The Morgan fingerprint density at radius 1 is 1.00 bits per heavy atom. The Labute approximate surface area is 155 Å². The zero-order valence-corrected chi connectivity index (χ0v) is 15.6. The SMILES string of the molecule is COc1cc(OC)cc(OCC(O)CN(C)C/C=C/c2ccccc2)c1. The van der Waals surface area contributed by atoms with Crippen LogP contribution in [0.15, 0.2) is 54.6 Å². The van der Waals surface area contributed by atoms with Crippen LogP contribution in [-0.2, 0) is 0 Å². The van der Waals surface area contributed by atoms with Crippen LogP contribution in [0, 0.1) is 0 Å². The van der Waals surface area contributed by atoms with Gasteiger partial charge in [-0.05, 0) is 12.6 Å². The summed E-state index contributed by atoms with van der Waals surface area (Å²) in [7, 11) is 5.14. The van der Waals surface area contributed by atoms with Crippen LogP contribution in [0.1, 0.15) is 5.56 Å². The van der Waals surface area contributed by atoms with Crippen LogP contribution in [0.25, 0.3) is 6.08 Å². The molecule has 26 heavy (non-hydrogen) atoms. The molecule has 5 heteroatoms. The average Bonchev–Trinajstić information content (AvgIpc) is 2.66. The number of hydrogen-bond acceptors (Lipinski definition) is 5. The maximum atomic E-state index is 10.2. The quantitative estimate of drug-likeness (QED) is 0.708. The van der Waals surface area contributed by atoms with Crippen molar-refractivity contribution >= 4 is 6.08 Å². The molecule has 5 nitrogen and oxygen atoms in total. The topological polar surface area (TPSA) is 51.2 Å². The molecule has 1 unspecified atom stereocenters. The number of ether oxygens (including phenoxy) is 3. The number of methoxy groups -OCH3 is 2. The minimum atomic E-state index is -0.595. The van der Waals surface area contributed by atoms with Crippen LogP contribution < -0.4 is 14.2 Å². The number of benzene rings is 2. The van der Waals surface area contributed by atoms with Crippen molar-refractivity contribution in [3.8, 4) is 17.2 Å². The first-order valence-electron chi connectivity index (χ1n) is 8.54. The van der Waals surface area contributed by atoms with Gasteiger partial charge in [-0.15, -0.1) is 0 Å².